The van der Waals surface area contributed by atoms with Gasteiger partial charge in [-0.05, 0) is 44.7 Å². The minimum Gasteiger partial charge on any atom is -0.357 e. The van der Waals surface area contributed by atoms with Crippen molar-refractivity contribution in [3.05, 3.63) is 12.2 Å². The fraction of sp³-hybridized carbons (Fsp3) is 0.833. The normalized spacial score (nSPS) is 17.8. The van der Waals surface area contributed by atoms with Gasteiger partial charge in [-0.3, -0.25) is 9.58 Å². The molecule has 0 amide bonds. The number of guanidine groups is 1. The van der Waals surface area contributed by atoms with E-state index in [1.165, 1.54) is 25.9 Å². The van der Waals surface area contributed by atoms with E-state index < -0.39 is 0 Å². The van der Waals surface area contributed by atoms with Gasteiger partial charge in [0.25, 0.3) is 0 Å². The first-order valence-electron chi connectivity index (χ1n) is 9.60. The Bertz CT molecular complexity index is 535. The zero-order chi connectivity index (χ0) is 18.2. The third kappa shape index (κ3) is 7.02. The number of hydrogen-bond donors (Lipinski definition) is 2. The molecule has 7 nitrogen and oxygen atoms in total. The summed E-state index contributed by atoms with van der Waals surface area (Å²) in [4.78, 5) is 11.5. The van der Waals surface area contributed by atoms with Crippen molar-refractivity contribution < 1.29 is 0 Å². The van der Waals surface area contributed by atoms with Crippen LogP contribution in [0.4, 0.5) is 0 Å². The molecule has 1 saturated heterocycles. The van der Waals surface area contributed by atoms with Gasteiger partial charge in [0.2, 0.25) is 0 Å². The molecule has 0 aliphatic carbocycles. The molecule has 1 aliphatic rings. The van der Waals surface area contributed by atoms with E-state index >= 15 is 0 Å². The lowest BCUT2D eigenvalue weighted by molar-refractivity contribution is 0.110. The van der Waals surface area contributed by atoms with Crippen molar-refractivity contribution in [1.29, 1.82) is 0 Å². The average molecular weight is 477 g/mol. The van der Waals surface area contributed by atoms with E-state index in [1.807, 2.05) is 7.05 Å². The highest BCUT2D eigenvalue weighted by Crippen LogP contribution is 2.21. The minimum atomic E-state index is 0. The summed E-state index contributed by atoms with van der Waals surface area (Å²) in [5.41, 5.74) is 0. The first kappa shape index (κ1) is 23.1. The first-order valence-corrected chi connectivity index (χ1v) is 9.60. The monoisotopic (exact) mass is 477 g/mol. The first-order chi connectivity index (χ1) is 12.0. The molecular formula is C18H36IN7. The Hall–Kier alpha value is -0.900. The van der Waals surface area contributed by atoms with E-state index in [9.17, 15) is 0 Å². The van der Waals surface area contributed by atoms with Crippen LogP contribution in [0.1, 0.15) is 46.4 Å². The zero-order valence-electron chi connectivity index (χ0n) is 16.9. The number of aryl methyl sites for hydroxylation is 1. The van der Waals surface area contributed by atoms with Crippen molar-refractivity contribution in [2.24, 2.45) is 23.9 Å². The SMILES string of the molecule is CCNC(=NCc1ncnn1C)NCC(C(C)C)N1CCC(C)CC1.I. The van der Waals surface area contributed by atoms with Crippen LogP contribution >= 0.6 is 24.0 Å². The molecule has 1 unspecified atom stereocenters. The van der Waals surface area contributed by atoms with Crippen LogP contribution in [0.25, 0.3) is 0 Å². The fourth-order valence-corrected chi connectivity index (χ4v) is 3.30. The van der Waals surface area contributed by atoms with Gasteiger partial charge in [0, 0.05) is 26.2 Å². The maximum atomic E-state index is 4.66. The molecule has 0 saturated carbocycles. The number of hydrogen-bond acceptors (Lipinski definition) is 4. The number of aromatic nitrogens is 3. The molecule has 2 heterocycles. The van der Waals surface area contributed by atoms with Crippen LogP contribution in [0.15, 0.2) is 11.3 Å². The van der Waals surface area contributed by atoms with Crippen molar-refractivity contribution in [2.45, 2.75) is 53.1 Å². The Morgan fingerprint density at radius 2 is 2.00 bits per heavy atom. The molecule has 150 valence electrons. The van der Waals surface area contributed by atoms with Gasteiger partial charge in [-0.2, -0.15) is 5.10 Å². The van der Waals surface area contributed by atoms with E-state index in [4.69, 9.17) is 0 Å². The van der Waals surface area contributed by atoms with Crippen molar-refractivity contribution in [2.75, 3.05) is 26.2 Å². The lowest BCUT2D eigenvalue weighted by atomic mass is 9.94. The second-order valence-electron chi connectivity index (χ2n) is 7.41. The summed E-state index contributed by atoms with van der Waals surface area (Å²) in [7, 11) is 1.89. The third-order valence-electron chi connectivity index (χ3n) is 5.06. The highest BCUT2D eigenvalue weighted by Gasteiger charge is 2.25. The molecule has 1 atom stereocenters. The zero-order valence-corrected chi connectivity index (χ0v) is 19.2. The molecule has 8 heteroatoms. The summed E-state index contributed by atoms with van der Waals surface area (Å²) in [6.45, 7) is 13.8. The molecule has 1 aromatic heterocycles. The van der Waals surface area contributed by atoms with E-state index in [0.717, 1.165) is 30.8 Å². The summed E-state index contributed by atoms with van der Waals surface area (Å²) in [5, 5.41) is 11.0. The molecule has 0 spiro atoms. The largest absolute Gasteiger partial charge is 0.357 e. The van der Waals surface area contributed by atoms with Crippen molar-refractivity contribution in [1.82, 2.24) is 30.3 Å². The average Bonchev–Trinajstić information content (AvgIpc) is 2.99. The van der Waals surface area contributed by atoms with Gasteiger partial charge in [0.05, 0.1) is 0 Å². The standard InChI is InChI=1S/C18H35N7.HI/c1-6-19-18(21-12-17-22-13-23-24(17)5)20-11-16(14(2)3)25-9-7-15(4)8-10-25;/h13-16H,6-12H2,1-5H3,(H2,19,20,21);1H. The molecular weight excluding hydrogens is 441 g/mol. The van der Waals surface area contributed by atoms with Gasteiger partial charge in [0.15, 0.2) is 5.96 Å². The van der Waals surface area contributed by atoms with E-state index in [1.54, 1.807) is 11.0 Å². The van der Waals surface area contributed by atoms with Gasteiger partial charge in [-0.25, -0.2) is 9.98 Å². The van der Waals surface area contributed by atoms with Crippen molar-refractivity contribution in [3.63, 3.8) is 0 Å². The maximum Gasteiger partial charge on any atom is 0.191 e. The highest BCUT2D eigenvalue weighted by molar-refractivity contribution is 14.0. The Morgan fingerprint density at radius 1 is 1.31 bits per heavy atom. The van der Waals surface area contributed by atoms with Crippen molar-refractivity contribution >= 4 is 29.9 Å². The molecule has 1 aromatic rings. The lowest BCUT2D eigenvalue weighted by Crippen LogP contribution is -2.51. The number of halogens is 1. The van der Waals surface area contributed by atoms with Gasteiger partial charge in [0.1, 0.15) is 18.7 Å². The van der Waals surface area contributed by atoms with Crippen LogP contribution in [-0.2, 0) is 13.6 Å². The van der Waals surface area contributed by atoms with Crippen LogP contribution in [0.5, 0.6) is 0 Å². The second kappa shape index (κ2) is 11.7. The molecule has 0 aromatic carbocycles. The highest BCUT2D eigenvalue weighted by atomic mass is 127. The molecule has 2 rings (SSSR count). The molecule has 26 heavy (non-hydrogen) atoms. The number of nitrogens with one attached hydrogen (secondary N) is 2. The summed E-state index contributed by atoms with van der Waals surface area (Å²) >= 11 is 0. The quantitative estimate of drug-likeness (QED) is 0.358. The molecule has 0 radical (unpaired) electrons. The second-order valence-corrected chi connectivity index (χ2v) is 7.41. The molecule has 2 N–H and O–H groups in total. The van der Waals surface area contributed by atoms with Crippen LogP contribution in [0.2, 0.25) is 0 Å². The lowest BCUT2D eigenvalue weighted by Gasteiger charge is -2.39. The number of aliphatic imine (C=N–C) groups is 1. The number of piperidine rings is 1. The van der Waals surface area contributed by atoms with Crippen LogP contribution in [-0.4, -0.2) is 57.8 Å². The predicted molar refractivity (Wildman–Crippen MR) is 118 cm³/mol. The summed E-state index contributed by atoms with van der Waals surface area (Å²) in [6.07, 6.45) is 4.18. The van der Waals surface area contributed by atoms with Gasteiger partial charge in [-0.1, -0.05) is 20.8 Å². The van der Waals surface area contributed by atoms with Gasteiger partial charge < -0.3 is 10.6 Å². The molecule has 0 bridgehead atoms. The van der Waals surface area contributed by atoms with Crippen molar-refractivity contribution in [3.8, 4) is 0 Å². The maximum absolute atomic E-state index is 4.66. The molecule has 1 aliphatic heterocycles. The smallest absolute Gasteiger partial charge is 0.191 e. The number of nitrogens with zero attached hydrogens (tertiary/aromatic N) is 5. The summed E-state index contributed by atoms with van der Waals surface area (Å²) in [5.74, 6) is 3.19. The van der Waals surface area contributed by atoms with E-state index in [2.05, 4.69) is 58.3 Å². The topological polar surface area (TPSA) is 70.4 Å². The Kier molecular flexibility index (Phi) is 10.4. The predicted octanol–water partition coefficient (Wildman–Crippen LogP) is 2.24. The Labute approximate surface area is 175 Å². The number of likely N-dealkylation sites (tertiary alicyclic amines) is 1. The number of rotatable bonds is 7. The fourth-order valence-electron chi connectivity index (χ4n) is 3.30. The summed E-state index contributed by atoms with van der Waals surface area (Å²) < 4.78 is 1.76. The van der Waals surface area contributed by atoms with Gasteiger partial charge in [-0.15, -0.1) is 24.0 Å². The van der Waals surface area contributed by atoms with Crippen LogP contribution in [0, 0.1) is 11.8 Å². The Balaban J connectivity index is 0.00000338. The summed E-state index contributed by atoms with van der Waals surface area (Å²) in [6, 6.07) is 0.534. The van der Waals surface area contributed by atoms with Gasteiger partial charge >= 0.3 is 0 Å². The molecule has 1 fully saturated rings. The minimum absolute atomic E-state index is 0. The Morgan fingerprint density at radius 3 is 2.54 bits per heavy atom. The third-order valence-corrected chi connectivity index (χ3v) is 5.06. The van der Waals surface area contributed by atoms with E-state index in [0.29, 0.717) is 18.5 Å². The van der Waals surface area contributed by atoms with E-state index in [-0.39, 0.29) is 24.0 Å². The van der Waals surface area contributed by atoms with Crippen LogP contribution < -0.4 is 10.6 Å². The van der Waals surface area contributed by atoms with Crippen LogP contribution in [0.3, 0.4) is 0 Å².